The third kappa shape index (κ3) is 4.32. The Morgan fingerprint density at radius 1 is 0.964 bits per heavy atom. The molecule has 2 N–H and O–H groups in total. The third-order valence-electron chi connectivity index (χ3n) is 4.29. The lowest BCUT2D eigenvalue weighted by Gasteiger charge is -2.32. The fraction of sp³-hybridized carbons (Fsp3) is 0.500. The predicted molar refractivity (Wildman–Crippen MR) is 104 cm³/mol. The molecule has 1 aromatic rings. The van der Waals surface area contributed by atoms with Gasteiger partial charge in [-0.1, -0.05) is 13.8 Å². The third-order valence-corrected chi connectivity index (χ3v) is 4.29. The number of esters is 1. The van der Waals surface area contributed by atoms with E-state index in [1.165, 1.54) is 21.3 Å². The molecule has 1 aliphatic rings. The fourth-order valence-electron chi connectivity index (χ4n) is 3.06. The quantitative estimate of drug-likeness (QED) is 0.693. The van der Waals surface area contributed by atoms with E-state index in [0.29, 0.717) is 34.1 Å². The second-order valence-electron chi connectivity index (χ2n) is 6.92. The molecule has 0 spiro atoms. The lowest BCUT2D eigenvalue weighted by atomic mass is 9.90. The number of urea groups is 1. The summed E-state index contributed by atoms with van der Waals surface area (Å²) in [6.07, 6.45) is -0.306. The largest absolute Gasteiger partial charge is 0.496 e. The molecule has 1 heterocycles. The number of nitrogens with one attached hydrogen (secondary N) is 2. The van der Waals surface area contributed by atoms with Crippen LogP contribution < -0.4 is 24.8 Å². The summed E-state index contributed by atoms with van der Waals surface area (Å²) in [7, 11) is 4.54. The molecular weight excluding hydrogens is 364 g/mol. The second kappa shape index (κ2) is 8.86. The first kappa shape index (κ1) is 21.4. The maximum absolute atomic E-state index is 12.9. The lowest BCUT2D eigenvalue weighted by molar-refractivity contribution is -0.143. The average Bonchev–Trinajstić information content (AvgIpc) is 2.65. The minimum atomic E-state index is -0.771. The number of carbonyl (C=O) groups is 2. The van der Waals surface area contributed by atoms with Gasteiger partial charge >= 0.3 is 12.0 Å². The van der Waals surface area contributed by atoms with Crippen molar-refractivity contribution in [3.63, 3.8) is 0 Å². The van der Waals surface area contributed by atoms with E-state index in [0.717, 1.165) is 0 Å². The van der Waals surface area contributed by atoms with Crippen molar-refractivity contribution < 1.29 is 28.5 Å². The van der Waals surface area contributed by atoms with Crippen LogP contribution in [0, 0.1) is 5.92 Å². The zero-order chi connectivity index (χ0) is 21.0. The molecule has 2 amide bonds. The van der Waals surface area contributed by atoms with Crippen LogP contribution >= 0.6 is 0 Å². The molecule has 0 bridgehead atoms. The van der Waals surface area contributed by atoms with Crippen LogP contribution in [0.25, 0.3) is 0 Å². The summed E-state index contributed by atoms with van der Waals surface area (Å²) in [5.41, 5.74) is 1.40. The van der Waals surface area contributed by atoms with Gasteiger partial charge in [-0.25, -0.2) is 9.59 Å². The average molecular weight is 392 g/mol. The highest BCUT2D eigenvalue weighted by Gasteiger charge is 2.37. The van der Waals surface area contributed by atoms with Gasteiger partial charge in [0.15, 0.2) is 11.5 Å². The minimum absolute atomic E-state index is 0.102. The number of rotatable bonds is 7. The van der Waals surface area contributed by atoms with E-state index in [4.69, 9.17) is 18.9 Å². The monoisotopic (exact) mass is 392 g/mol. The van der Waals surface area contributed by atoms with Gasteiger partial charge in [0.1, 0.15) is 5.75 Å². The van der Waals surface area contributed by atoms with Gasteiger partial charge in [-0.3, -0.25) is 0 Å². The molecule has 0 aliphatic carbocycles. The Morgan fingerprint density at radius 3 is 2.04 bits per heavy atom. The molecule has 154 valence electrons. The van der Waals surface area contributed by atoms with Crippen molar-refractivity contribution in [1.82, 2.24) is 10.6 Å². The van der Waals surface area contributed by atoms with Gasteiger partial charge in [-0.05, 0) is 25.8 Å². The zero-order valence-electron chi connectivity index (χ0n) is 17.3. The summed E-state index contributed by atoms with van der Waals surface area (Å²) in [6, 6.07) is 2.16. The van der Waals surface area contributed by atoms with Crippen LogP contribution in [0.2, 0.25) is 0 Å². The van der Waals surface area contributed by atoms with Gasteiger partial charge in [-0.15, -0.1) is 0 Å². The van der Waals surface area contributed by atoms with Gasteiger partial charge in [0.25, 0.3) is 0 Å². The fourth-order valence-corrected chi connectivity index (χ4v) is 3.06. The molecule has 0 fully saturated rings. The Bertz CT molecular complexity index is 785. The van der Waals surface area contributed by atoms with E-state index >= 15 is 0 Å². The van der Waals surface area contributed by atoms with E-state index in [-0.39, 0.29) is 12.0 Å². The van der Waals surface area contributed by atoms with Crippen LogP contribution in [0.3, 0.4) is 0 Å². The summed E-state index contributed by atoms with van der Waals surface area (Å²) >= 11 is 0. The first-order valence-corrected chi connectivity index (χ1v) is 9.05. The van der Waals surface area contributed by atoms with Crippen LogP contribution in [-0.4, -0.2) is 39.4 Å². The van der Waals surface area contributed by atoms with Crippen molar-refractivity contribution in [3.05, 3.63) is 29.0 Å². The molecule has 1 aliphatic heterocycles. The van der Waals surface area contributed by atoms with Crippen molar-refractivity contribution in [1.29, 1.82) is 0 Å². The number of amides is 2. The number of allylic oxidation sites excluding steroid dienone is 1. The van der Waals surface area contributed by atoms with Gasteiger partial charge < -0.3 is 29.6 Å². The zero-order valence-corrected chi connectivity index (χ0v) is 17.3. The Morgan fingerprint density at radius 2 is 1.54 bits per heavy atom. The van der Waals surface area contributed by atoms with E-state index in [2.05, 4.69) is 10.6 Å². The van der Waals surface area contributed by atoms with Crippen LogP contribution in [-0.2, 0) is 9.53 Å². The summed E-state index contributed by atoms with van der Waals surface area (Å²) in [6.45, 7) is 7.33. The van der Waals surface area contributed by atoms with E-state index < -0.39 is 18.0 Å². The molecule has 1 aromatic carbocycles. The summed E-state index contributed by atoms with van der Waals surface area (Å²) in [5, 5.41) is 5.54. The van der Waals surface area contributed by atoms with Gasteiger partial charge in [0.05, 0.1) is 39.0 Å². The number of benzene rings is 1. The Kier molecular flexibility index (Phi) is 6.77. The molecule has 8 nitrogen and oxygen atoms in total. The molecule has 0 saturated carbocycles. The van der Waals surface area contributed by atoms with Crippen LogP contribution in [0.4, 0.5) is 4.79 Å². The first-order valence-electron chi connectivity index (χ1n) is 9.05. The van der Waals surface area contributed by atoms with E-state index in [1.54, 1.807) is 26.0 Å². The molecular formula is C20H28N2O6. The maximum Gasteiger partial charge on any atom is 0.338 e. The summed E-state index contributed by atoms with van der Waals surface area (Å²) in [4.78, 5) is 25.2. The smallest absolute Gasteiger partial charge is 0.338 e. The van der Waals surface area contributed by atoms with Crippen LogP contribution in [0.15, 0.2) is 23.4 Å². The number of hydrogen-bond donors (Lipinski definition) is 2. The minimum Gasteiger partial charge on any atom is -0.496 e. The topological polar surface area (TPSA) is 95.1 Å². The highest BCUT2D eigenvalue weighted by Crippen LogP contribution is 2.41. The number of methoxy groups -OCH3 is 3. The molecule has 1 unspecified atom stereocenters. The summed E-state index contributed by atoms with van der Waals surface area (Å²) in [5.74, 6) is 0.765. The summed E-state index contributed by atoms with van der Waals surface area (Å²) < 4.78 is 21.7. The molecule has 28 heavy (non-hydrogen) atoms. The standard InChI is InChI=1S/C20H28N2O6/c1-10(2)17-16(19(23)28-11(3)4)18(22-20(24)21-17)12-8-14(26-6)15(27-7)9-13(12)25-5/h8-11,18H,1-7H3,(H2,21,22,24). The molecule has 8 heteroatoms. The molecule has 0 saturated heterocycles. The Labute approximate surface area is 165 Å². The van der Waals surface area contributed by atoms with Crippen molar-refractivity contribution in [2.45, 2.75) is 39.8 Å². The van der Waals surface area contributed by atoms with E-state index in [1.807, 2.05) is 13.8 Å². The predicted octanol–water partition coefficient (Wildman–Crippen LogP) is 2.93. The number of carbonyl (C=O) groups excluding carboxylic acids is 2. The highest BCUT2D eigenvalue weighted by molar-refractivity contribution is 5.95. The maximum atomic E-state index is 12.9. The van der Waals surface area contributed by atoms with Gasteiger partial charge in [-0.2, -0.15) is 0 Å². The van der Waals surface area contributed by atoms with E-state index in [9.17, 15) is 9.59 Å². The SMILES string of the molecule is COc1cc(OC)c(C2NC(=O)NC(C(C)C)=C2C(=O)OC(C)C)cc1OC. The molecule has 1 atom stereocenters. The van der Waals surface area contributed by atoms with Gasteiger partial charge in [0, 0.05) is 17.3 Å². The molecule has 0 aromatic heterocycles. The molecule has 0 radical (unpaired) electrons. The van der Waals surface area contributed by atoms with Crippen molar-refractivity contribution in [2.75, 3.05) is 21.3 Å². The highest BCUT2D eigenvalue weighted by atomic mass is 16.5. The Balaban J connectivity index is 2.70. The van der Waals surface area contributed by atoms with Crippen molar-refractivity contribution in [3.8, 4) is 17.2 Å². The van der Waals surface area contributed by atoms with Crippen molar-refractivity contribution >= 4 is 12.0 Å². The normalized spacial score (nSPS) is 16.6. The number of hydrogen-bond acceptors (Lipinski definition) is 6. The lowest BCUT2D eigenvalue weighted by Crippen LogP contribution is -2.47. The van der Waals surface area contributed by atoms with Gasteiger partial charge in [0.2, 0.25) is 0 Å². The van der Waals surface area contributed by atoms with Crippen molar-refractivity contribution in [2.24, 2.45) is 5.92 Å². The first-order chi connectivity index (χ1) is 13.2. The van der Waals surface area contributed by atoms with Crippen LogP contribution in [0.5, 0.6) is 17.2 Å². The number of ether oxygens (including phenoxy) is 4. The van der Waals surface area contributed by atoms with Crippen LogP contribution in [0.1, 0.15) is 39.3 Å². The molecule has 2 rings (SSSR count). The Hall–Kier alpha value is -2.90. The second-order valence-corrected chi connectivity index (χ2v) is 6.92.